The van der Waals surface area contributed by atoms with Gasteiger partial charge in [-0.2, -0.15) is 0 Å². The lowest BCUT2D eigenvalue weighted by Crippen LogP contribution is -2.24. The Labute approximate surface area is 118 Å². The summed E-state index contributed by atoms with van der Waals surface area (Å²) in [6.45, 7) is 11.0. The van der Waals surface area contributed by atoms with E-state index in [0.717, 1.165) is 21.8 Å². The van der Waals surface area contributed by atoms with Crippen LogP contribution in [0, 0.1) is 12.3 Å². The normalized spacial score (nSPS) is 13.5. The van der Waals surface area contributed by atoms with E-state index in [0.29, 0.717) is 6.61 Å². The molecule has 5 heteroatoms. The van der Waals surface area contributed by atoms with Gasteiger partial charge in [0.15, 0.2) is 5.82 Å². The maximum atomic E-state index is 5.82. The Morgan fingerprint density at radius 1 is 1.33 bits per heavy atom. The number of hydrogen-bond acceptors (Lipinski definition) is 4. The number of aryl methyl sites for hydroxylation is 1. The van der Waals surface area contributed by atoms with Gasteiger partial charge in [-0.1, -0.05) is 20.8 Å². The summed E-state index contributed by atoms with van der Waals surface area (Å²) in [6.07, 6.45) is -0.110. The van der Waals surface area contributed by atoms with Crippen LogP contribution in [-0.2, 0) is 4.74 Å². The lowest BCUT2D eigenvalue weighted by atomic mass is 9.88. The van der Waals surface area contributed by atoms with Crippen LogP contribution in [-0.4, -0.2) is 23.6 Å². The molecule has 0 bridgehead atoms. The minimum absolute atomic E-state index is 0.0404. The molecule has 0 aliphatic heterocycles. The van der Waals surface area contributed by atoms with Gasteiger partial charge >= 0.3 is 0 Å². The van der Waals surface area contributed by atoms with Crippen LogP contribution in [0.15, 0.2) is 4.47 Å². The average molecular weight is 316 g/mol. The molecule has 0 aromatic carbocycles. The Bertz CT molecular complexity index is 415. The average Bonchev–Trinajstić information content (AvgIpc) is 2.28. The summed E-state index contributed by atoms with van der Waals surface area (Å²) in [4.78, 5) is 9.09. The Morgan fingerprint density at radius 2 is 1.94 bits per heavy atom. The van der Waals surface area contributed by atoms with Gasteiger partial charge in [0.05, 0.1) is 10.2 Å². The molecule has 1 atom stereocenters. The molecule has 1 rings (SSSR count). The summed E-state index contributed by atoms with van der Waals surface area (Å²) in [6, 6.07) is 0. The van der Waals surface area contributed by atoms with Gasteiger partial charge in [0.25, 0.3) is 0 Å². The zero-order valence-electron chi connectivity index (χ0n) is 12.0. The van der Waals surface area contributed by atoms with Gasteiger partial charge in [-0.15, -0.1) is 0 Å². The van der Waals surface area contributed by atoms with Crippen LogP contribution in [0.4, 0.5) is 5.82 Å². The van der Waals surface area contributed by atoms with E-state index in [2.05, 4.69) is 52.0 Å². The number of ether oxygens (including phenoxy) is 1. The standard InChI is InChI=1S/C13H22BrN3O/c1-7-18-10(13(3,4)5)12-16-8(2)9(14)11(15-6)17-12/h10H,7H2,1-6H3,(H,15,16,17). The molecule has 18 heavy (non-hydrogen) atoms. The Balaban J connectivity index is 3.25. The zero-order chi connectivity index (χ0) is 13.9. The molecular weight excluding hydrogens is 294 g/mol. The highest BCUT2D eigenvalue weighted by molar-refractivity contribution is 9.10. The number of nitrogens with zero attached hydrogens (tertiary/aromatic N) is 2. The SMILES string of the molecule is CCOC(c1nc(C)c(Br)c(NC)n1)C(C)(C)C. The smallest absolute Gasteiger partial charge is 0.160 e. The number of halogens is 1. The van der Waals surface area contributed by atoms with Gasteiger partial charge in [0, 0.05) is 13.7 Å². The van der Waals surface area contributed by atoms with E-state index in [9.17, 15) is 0 Å². The molecule has 0 aliphatic carbocycles. The maximum absolute atomic E-state index is 5.82. The van der Waals surface area contributed by atoms with Crippen molar-refractivity contribution in [1.82, 2.24) is 9.97 Å². The first-order valence-corrected chi connectivity index (χ1v) is 6.94. The number of hydrogen-bond donors (Lipinski definition) is 1. The second-order valence-electron chi connectivity index (χ2n) is 5.28. The molecule has 1 aromatic heterocycles. The summed E-state index contributed by atoms with van der Waals surface area (Å²) in [5.74, 6) is 1.53. The first-order chi connectivity index (χ1) is 8.31. The second kappa shape index (κ2) is 5.97. The molecule has 0 aliphatic rings. The lowest BCUT2D eigenvalue weighted by Gasteiger charge is -2.29. The molecule has 4 nitrogen and oxygen atoms in total. The van der Waals surface area contributed by atoms with Crippen LogP contribution in [0.25, 0.3) is 0 Å². The minimum Gasteiger partial charge on any atom is -0.372 e. The monoisotopic (exact) mass is 315 g/mol. The molecule has 0 amide bonds. The predicted octanol–water partition coefficient (Wildman–Crippen LogP) is 3.71. The van der Waals surface area contributed by atoms with Gasteiger partial charge in [-0.05, 0) is 35.2 Å². The van der Waals surface area contributed by atoms with Crippen LogP contribution < -0.4 is 5.32 Å². The summed E-state index contributed by atoms with van der Waals surface area (Å²) in [5, 5.41) is 3.07. The highest BCUT2D eigenvalue weighted by Gasteiger charge is 2.30. The van der Waals surface area contributed by atoms with Crippen LogP contribution in [0.2, 0.25) is 0 Å². The summed E-state index contributed by atoms with van der Waals surface area (Å²) < 4.78 is 6.72. The van der Waals surface area contributed by atoms with E-state index in [-0.39, 0.29) is 11.5 Å². The molecule has 1 aromatic rings. The van der Waals surface area contributed by atoms with Crippen molar-refractivity contribution in [3.05, 3.63) is 16.0 Å². The fourth-order valence-corrected chi connectivity index (χ4v) is 2.12. The van der Waals surface area contributed by atoms with Gasteiger partial charge in [0.2, 0.25) is 0 Å². The molecule has 0 spiro atoms. The first-order valence-electron chi connectivity index (χ1n) is 6.14. The van der Waals surface area contributed by atoms with Crippen LogP contribution in [0.5, 0.6) is 0 Å². The lowest BCUT2D eigenvalue weighted by molar-refractivity contribution is -0.0191. The highest BCUT2D eigenvalue weighted by atomic mass is 79.9. The van der Waals surface area contributed by atoms with Gasteiger partial charge in [-0.25, -0.2) is 9.97 Å². The topological polar surface area (TPSA) is 47.0 Å². The summed E-state index contributed by atoms with van der Waals surface area (Å²) >= 11 is 3.48. The molecule has 1 N–H and O–H groups in total. The van der Waals surface area contributed by atoms with Crippen LogP contribution >= 0.6 is 15.9 Å². The molecule has 0 fully saturated rings. The maximum Gasteiger partial charge on any atom is 0.160 e. The van der Waals surface area contributed by atoms with Crippen molar-refractivity contribution in [3.63, 3.8) is 0 Å². The number of anilines is 1. The van der Waals surface area contributed by atoms with Crippen molar-refractivity contribution in [2.24, 2.45) is 5.41 Å². The second-order valence-corrected chi connectivity index (χ2v) is 6.07. The quantitative estimate of drug-likeness (QED) is 0.920. The zero-order valence-corrected chi connectivity index (χ0v) is 13.6. The third-order valence-corrected chi connectivity index (χ3v) is 3.57. The first kappa shape index (κ1) is 15.4. The Morgan fingerprint density at radius 3 is 2.39 bits per heavy atom. The molecular formula is C13H22BrN3O. The Kier molecular flexibility index (Phi) is 5.10. The highest BCUT2D eigenvalue weighted by Crippen LogP contribution is 2.36. The van der Waals surface area contributed by atoms with E-state index in [1.165, 1.54) is 0 Å². The Hall–Kier alpha value is -0.680. The largest absolute Gasteiger partial charge is 0.372 e. The van der Waals surface area contributed by atoms with Crippen molar-refractivity contribution in [1.29, 1.82) is 0 Å². The molecule has 0 radical (unpaired) electrons. The number of rotatable bonds is 4. The van der Waals surface area contributed by atoms with Crippen molar-refractivity contribution in [2.45, 2.75) is 40.7 Å². The molecule has 0 saturated carbocycles. The molecule has 102 valence electrons. The van der Waals surface area contributed by atoms with E-state index < -0.39 is 0 Å². The van der Waals surface area contributed by atoms with Crippen molar-refractivity contribution < 1.29 is 4.74 Å². The van der Waals surface area contributed by atoms with Crippen LogP contribution in [0.3, 0.4) is 0 Å². The van der Waals surface area contributed by atoms with E-state index in [1.807, 2.05) is 20.9 Å². The summed E-state index contributed by atoms with van der Waals surface area (Å²) in [7, 11) is 1.85. The number of aromatic nitrogens is 2. The van der Waals surface area contributed by atoms with Gasteiger partial charge in [-0.3, -0.25) is 0 Å². The fourth-order valence-electron chi connectivity index (χ4n) is 1.74. The third-order valence-electron chi connectivity index (χ3n) is 2.63. The molecule has 0 saturated heterocycles. The van der Waals surface area contributed by atoms with Crippen LogP contribution in [0.1, 0.15) is 45.3 Å². The van der Waals surface area contributed by atoms with Gasteiger partial charge < -0.3 is 10.1 Å². The van der Waals surface area contributed by atoms with Crippen molar-refractivity contribution in [3.8, 4) is 0 Å². The molecule has 1 unspecified atom stereocenters. The predicted molar refractivity (Wildman–Crippen MR) is 77.8 cm³/mol. The van der Waals surface area contributed by atoms with Gasteiger partial charge in [0.1, 0.15) is 11.9 Å². The summed E-state index contributed by atoms with van der Waals surface area (Å²) in [5.41, 5.74) is 0.875. The van der Waals surface area contributed by atoms with E-state index in [1.54, 1.807) is 0 Å². The minimum atomic E-state index is -0.110. The van der Waals surface area contributed by atoms with E-state index in [4.69, 9.17) is 4.74 Å². The molecule has 1 heterocycles. The van der Waals surface area contributed by atoms with E-state index >= 15 is 0 Å². The van der Waals surface area contributed by atoms with Crippen molar-refractivity contribution >= 4 is 21.7 Å². The fraction of sp³-hybridized carbons (Fsp3) is 0.692. The third kappa shape index (κ3) is 3.42. The van der Waals surface area contributed by atoms with Crippen molar-refractivity contribution in [2.75, 3.05) is 19.0 Å². The number of nitrogens with one attached hydrogen (secondary N) is 1.